The van der Waals surface area contributed by atoms with E-state index in [2.05, 4.69) is 42.8 Å². The minimum absolute atomic E-state index is 0.704. The summed E-state index contributed by atoms with van der Waals surface area (Å²) in [6.45, 7) is 12.0. The molecule has 0 aromatic carbocycles. The molecule has 0 bridgehead atoms. The average molecular weight is 237 g/mol. The molecule has 1 N–H and O–H groups in total. The van der Waals surface area contributed by atoms with E-state index in [1.807, 2.05) is 6.20 Å². The van der Waals surface area contributed by atoms with Gasteiger partial charge in [0.2, 0.25) is 0 Å². The van der Waals surface area contributed by atoms with E-state index < -0.39 is 0 Å². The maximum atomic E-state index is 4.50. The van der Waals surface area contributed by atoms with Crippen molar-refractivity contribution in [2.45, 2.75) is 60.0 Å². The second-order valence-electron chi connectivity index (χ2n) is 5.07. The molecule has 0 amide bonds. The normalized spacial score (nSPS) is 11.4. The van der Waals surface area contributed by atoms with Crippen molar-refractivity contribution in [1.29, 1.82) is 0 Å². The molecule has 3 heteroatoms. The maximum Gasteiger partial charge on any atom is 0.0537 e. The van der Waals surface area contributed by atoms with Gasteiger partial charge in [-0.25, -0.2) is 0 Å². The molecule has 17 heavy (non-hydrogen) atoms. The number of nitrogens with zero attached hydrogens (tertiary/aromatic N) is 2. The van der Waals surface area contributed by atoms with Gasteiger partial charge in [0, 0.05) is 24.3 Å². The van der Waals surface area contributed by atoms with Crippen LogP contribution in [0.2, 0.25) is 0 Å². The topological polar surface area (TPSA) is 29.9 Å². The van der Waals surface area contributed by atoms with Gasteiger partial charge in [0.05, 0.1) is 6.20 Å². The highest BCUT2D eigenvalue weighted by Gasteiger charge is 2.08. The number of aromatic nitrogens is 2. The first-order chi connectivity index (χ1) is 8.19. The molecule has 0 aliphatic rings. The van der Waals surface area contributed by atoms with Gasteiger partial charge in [-0.1, -0.05) is 34.1 Å². The summed E-state index contributed by atoms with van der Waals surface area (Å²) in [5, 5.41) is 7.99. The van der Waals surface area contributed by atoms with Gasteiger partial charge >= 0.3 is 0 Å². The largest absolute Gasteiger partial charge is 0.312 e. The van der Waals surface area contributed by atoms with Crippen molar-refractivity contribution >= 4 is 0 Å². The van der Waals surface area contributed by atoms with Crippen LogP contribution in [0.3, 0.4) is 0 Å². The van der Waals surface area contributed by atoms with Crippen molar-refractivity contribution in [1.82, 2.24) is 15.1 Å². The Morgan fingerprint density at radius 2 is 2.12 bits per heavy atom. The molecule has 0 saturated heterocycles. The zero-order valence-corrected chi connectivity index (χ0v) is 11.8. The fourth-order valence-corrected chi connectivity index (χ4v) is 2.00. The minimum atomic E-state index is 0.704. The van der Waals surface area contributed by atoms with E-state index in [4.69, 9.17) is 0 Å². The third-order valence-electron chi connectivity index (χ3n) is 2.96. The summed E-state index contributed by atoms with van der Waals surface area (Å²) in [6, 6.07) is 0. The smallest absolute Gasteiger partial charge is 0.0537 e. The van der Waals surface area contributed by atoms with E-state index in [0.717, 1.165) is 26.1 Å². The van der Waals surface area contributed by atoms with E-state index in [0.29, 0.717) is 5.92 Å². The number of unbranched alkanes of at least 4 members (excludes halogenated alkanes) is 1. The molecule has 0 radical (unpaired) electrons. The zero-order chi connectivity index (χ0) is 12.7. The van der Waals surface area contributed by atoms with Crippen molar-refractivity contribution in [2.75, 3.05) is 6.54 Å². The monoisotopic (exact) mass is 237 g/mol. The lowest BCUT2D eigenvalue weighted by Crippen LogP contribution is -2.19. The van der Waals surface area contributed by atoms with Crippen LogP contribution in [0.4, 0.5) is 0 Å². The number of aryl methyl sites for hydroxylation is 1. The van der Waals surface area contributed by atoms with Crippen LogP contribution in [-0.2, 0) is 19.5 Å². The number of hydrogen-bond donors (Lipinski definition) is 1. The summed E-state index contributed by atoms with van der Waals surface area (Å²) in [5.41, 5.74) is 2.76. The lowest BCUT2D eigenvalue weighted by molar-refractivity contribution is 0.539. The molecule has 0 fully saturated rings. The first-order valence-electron chi connectivity index (χ1n) is 6.93. The summed E-state index contributed by atoms with van der Waals surface area (Å²) < 4.78 is 2.18. The fraction of sp³-hybridized carbons (Fsp3) is 0.786. The Bertz CT molecular complexity index is 315. The second kappa shape index (κ2) is 7.49. The molecule has 0 atom stereocenters. The molecule has 0 saturated carbocycles. The van der Waals surface area contributed by atoms with Crippen molar-refractivity contribution in [2.24, 2.45) is 5.92 Å². The second-order valence-corrected chi connectivity index (χ2v) is 5.07. The molecule has 0 spiro atoms. The summed E-state index contributed by atoms with van der Waals surface area (Å²) in [6.07, 6.45) is 5.54. The Balaban J connectivity index is 2.56. The molecule has 0 aliphatic heterocycles. The van der Waals surface area contributed by atoms with Gasteiger partial charge in [0.25, 0.3) is 0 Å². The third kappa shape index (κ3) is 4.50. The van der Waals surface area contributed by atoms with Gasteiger partial charge in [0.15, 0.2) is 0 Å². The standard InChI is InChI=1S/C14H27N3/c1-5-7-8-17-14(6-2)13(11-16-17)10-15-9-12(3)4/h11-12,15H,5-10H2,1-4H3. The molecular formula is C14H27N3. The first kappa shape index (κ1) is 14.2. The Morgan fingerprint density at radius 3 is 2.71 bits per heavy atom. The SMILES string of the molecule is CCCCn1ncc(CNCC(C)C)c1CC. The Labute approximate surface area is 106 Å². The van der Waals surface area contributed by atoms with Gasteiger partial charge in [-0.15, -0.1) is 0 Å². The van der Waals surface area contributed by atoms with Crippen molar-refractivity contribution in [3.05, 3.63) is 17.5 Å². The highest BCUT2D eigenvalue weighted by molar-refractivity contribution is 5.17. The number of nitrogens with one attached hydrogen (secondary N) is 1. The summed E-state index contributed by atoms with van der Waals surface area (Å²) in [4.78, 5) is 0. The summed E-state index contributed by atoms with van der Waals surface area (Å²) in [7, 11) is 0. The van der Waals surface area contributed by atoms with E-state index in [1.165, 1.54) is 24.1 Å². The van der Waals surface area contributed by atoms with Crippen LogP contribution in [0, 0.1) is 5.92 Å². The van der Waals surface area contributed by atoms with Crippen LogP contribution in [-0.4, -0.2) is 16.3 Å². The summed E-state index contributed by atoms with van der Waals surface area (Å²) in [5.74, 6) is 0.704. The highest BCUT2D eigenvalue weighted by Crippen LogP contribution is 2.10. The highest BCUT2D eigenvalue weighted by atomic mass is 15.3. The molecule has 1 aromatic rings. The number of hydrogen-bond acceptors (Lipinski definition) is 2. The Hall–Kier alpha value is -0.830. The van der Waals surface area contributed by atoms with Crippen LogP contribution in [0.25, 0.3) is 0 Å². The molecule has 1 rings (SSSR count). The lowest BCUT2D eigenvalue weighted by Gasteiger charge is -2.09. The van der Waals surface area contributed by atoms with Crippen molar-refractivity contribution in [3.8, 4) is 0 Å². The quantitative estimate of drug-likeness (QED) is 0.753. The van der Waals surface area contributed by atoms with E-state index in [-0.39, 0.29) is 0 Å². The predicted octanol–water partition coefficient (Wildman–Crippen LogP) is 2.99. The van der Waals surface area contributed by atoms with Crippen molar-refractivity contribution in [3.63, 3.8) is 0 Å². The van der Waals surface area contributed by atoms with E-state index in [1.54, 1.807) is 0 Å². The molecule has 1 aromatic heterocycles. The molecular weight excluding hydrogens is 210 g/mol. The van der Waals surface area contributed by atoms with Gasteiger partial charge in [-0.05, 0) is 25.3 Å². The van der Waals surface area contributed by atoms with Gasteiger partial charge in [-0.3, -0.25) is 4.68 Å². The zero-order valence-electron chi connectivity index (χ0n) is 11.8. The van der Waals surface area contributed by atoms with Gasteiger partial charge < -0.3 is 5.32 Å². The molecule has 98 valence electrons. The lowest BCUT2D eigenvalue weighted by atomic mass is 10.2. The first-order valence-corrected chi connectivity index (χ1v) is 6.93. The number of rotatable bonds is 8. The predicted molar refractivity (Wildman–Crippen MR) is 73.1 cm³/mol. The molecule has 1 heterocycles. The van der Waals surface area contributed by atoms with Crippen LogP contribution in [0.1, 0.15) is 51.8 Å². The molecule has 0 aliphatic carbocycles. The van der Waals surface area contributed by atoms with E-state index in [9.17, 15) is 0 Å². The maximum absolute atomic E-state index is 4.50. The third-order valence-corrected chi connectivity index (χ3v) is 2.96. The van der Waals surface area contributed by atoms with Crippen LogP contribution in [0.5, 0.6) is 0 Å². The van der Waals surface area contributed by atoms with Gasteiger partial charge in [-0.2, -0.15) is 5.10 Å². The Morgan fingerprint density at radius 1 is 1.35 bits per heavy atom. The van der Waals surface area contributed by atoms with Gasteiger partial charge in [0.1, 0.15) is 0 Å². The van der Waals surface area contributed by atoms with Crippen LogP contribution in [0.15, 0.2) is 6.20 Å². The minimum Gasteiger partial charge on any atom is -0.312 e. The van der Waals surface area contributed by atoms with Crippen LogP contribution < -0.4 is 5.32 Å². The van der Waals surface area contributed by atoms with E-state index >= 15 is 0 Å². The Kier molecular flexibility index (Phi) is 6.27. The fourth-order valence-electron chi connectivity index (χ4n) is 2.00. The average Bonchev–Trinajstić information content (AvgIpc) is 2.68. The van der Waals surface area contributed by atoms with Crippen molar-refractivity contribution < 1.29 is 0 Å². The molecule has 3 nitrogen and oxygen atoms in total. The van der Waals surface area contributed by atoms with Crippen LogP contribution >= 0.6 is 0 Å². The summed E-state index contributed by atoms with van der Waals surface area (Å²) >= 11 is 0. The molecule has 0 unspecified atom stereocenters.